The minimum Gasteiger partial charge on any atom is -0.370 e. The average Bonchev–Trinajstić information content (AvgIpc) is 2.33. The first-order valence-electron chi connectivity index (χ1n) is 6.26. The second-order valence-electron chi connectivity index (χ2n) is 5.01. The van der Waals surface area contributed by atoms with Gasteiger partial charge in [-0.25, -0.2) is 13.8 Å². The quantitative estimate of drug-likeness (QED) is 0.331. The molecule has 0 radical (unpaired) electrons. The molecule has 0 atom stereocenters. The zero-order chi connectivity index (χ0) is 15.7. The summed E-state index contributed by atoms with van der Waals surface area (Å²) in [6, 6.07) is 4.28. The summed E-state index contributed by atoms with van der Waals surface area (Å²) in [5, 5.41) is 2.61. The van der Waals surface area contributed by atoms with E-state index in [0.717, 1.165) is 12.1 Å². The van der Waals surface area contributed by atoms with Crippen LogP contribution < -0.4 is 11.1 Å². The summed E-state index contributed by atoms with van der Waals surface area (Å²) in [5.74, 6) is -2.72. The normalized spacial score (nSPS) is 18.3. The van der Waals surface area contributed by atoms with Crippen LogP contribution in [0, 0.1) is 0 Å². The second-order valence-corrected chi connectivity index (χ2v) is 5.01. The van der Waals surface area contributed by atoms with Crippen molar-refractivity contribution in [3.05, 3.63) is 35.4 Å². The van der Waals surface area contributed by atoms with Crippen molar-refractivity contribution in [2.24, 2.45) is 10.7 Å². The van der Waals surface area contributed by atoms with E-state index in [0.29, 0.717) is 5.56 Å². The fourth-order valence-electron chi connectivity index (χ4n) is 2.04. The number of aliphatic imine (C=N–C) groups is 1. The van der Waals surface area contributed by atoms with Crippen molar-refractivity contribution >= 4 is 29.9 Å². The Morgan fingerprint density at radius 2 is 1.95 bits per heavy atom. The van der Waals surface area contributed by atoms with Crippen LogP contribution in [0.1, 0.15) is 24.0 Å². The number of benzene rings is 1. The van der Waals surface area contributed by atoms with Crippen molar-refractivity contribution in [3.8, 4) is 0 Å². The maximum atomic E-state index is 12.6. The zero-order valence-electron chi connectivity index (χ0n) is 11.3. The highest BCUT2D eigenvalue weighted by Crippen LogP contribution is 2.37. The Kier molecular flexibility index (Phi) is 5.99. The smallest absolute Gasteiger partial charge is 0.370 e. The first kappa shape index (κ1) is 18.9. The fourth-order valence-corrected chi connectivity index (χ4v) is 2.04. The molecule has 0 spiro atoms. The molecular formula is C13H15F5IN3. The predicted molar refractivity (Wildman–Crippen MR) is 83.3 cm³/mol. The van der Waals surface area contributed by atoms with Gasteiger partial charge in [0.05, 0.1) is 12.1 Å². The van der Waals surface area contributed by atoms with E-state index in [1.807, 2.05) is 0 Å². The number of alkyl halides is 5. The highest BCUT2D eigenvalue weighted by molar-refractivity contribution is 14.0. The number of guanidine groups is 1. The number of rotatable bonds is 3. The monoisotopic (exact) mass is 435 g/mol. The Hall–Kier alpha value is -1.13. The first-order chi connectivity index (χ1) is 9.66. The molecule has 0 amide bonds. The van der Waals surface area contributed by atoms with Gasteiger partial charge >= 0.3 is 6.18 Å². The Labute approximate surface area is 141 Å². The van der Waals surface area contributed by atoms with Crippen LogP contribution in [0.2, 0.25) is 0 Å². The summed E-state index contributed by atoms with van der Waals surface area (Å²) in [7, 11) is 0. The van der Waals surface area contributed by atoms with Crippen LogP contribution in [0.25, 0.3) is 0 Å². The largest absolute Gasteiger partial charge is 0.416 e. The van der Waals surface area contributed by atoms with Gasteiger partial charge in [-0.05, 0) is 17.7 Å². The third-order valence-electron chi connectivity index (χ3n) is 3.13. The Morgan fingerprint density at radius 3 is 2.50 bits per heavy atom. The molecule has 0 aromatic heterocycles. The molecule has 2 rings (SSSR count). The van der Waals surface area contributed by atoms with E-state index in [-0.39, 0.29) is 49.3 Å². The first-order valence-corrected chi connectivity index (χ1v) is 6.26. The molecule has 1 aromatic carbocycles. The molecule has 1 aliphatic carbocycles. The molecule has 1 aromatic rings. The van der Waals surface area contributed by atoms with Gasteiger partial charge in [-0.3, -0.25) is 0 Å². The molecule has 0 unspecified atom stereocenters. The fraction of sp³-hybridized carbons (Fsp3) is 0.462. The molecule has 0 heterocycles. The van der Waals surface area contributed by atoms with Gasteiger partial charge < -0.3 is 11.1 Å². The van der Waals surface area contributed by atoms with E-state index in [9.17, 15) is 22.0 Å². The minimum atomic E-state index is -4.42. The van der Waals surface area contributed by atoms with Crippen molar-refractivity contribution in [3.63, 3.8) is 0 Å². The Morgan fingerprint density at radius 1 is 1.32 bits per heavy atom. The van der Waals surface area contributed by atoms with E-state index in [1.54, 1.807) is 0 Å². The average molecular weight is 435 g/mol. The second kappa shape index (κ2) is 6.97. The molecule has 3 N–H and O–H groups in total. The molecule has 3 nitrogen and oxygen atoms in total. The highest BCUT2D eigenvalue weighted by atomic mass is 127. The Balaban J connectivity index is 0.00000242. The molecule has 1 fully saturated rings. The summed E-state index contributed by atoms with van der Waals surface area (Å²) in [5.41, 5.74) is 5.09. The van der Waals surface area contributed by atoms with Gasteiger partial charge in [-0.15, -0.1) is 24.0 Å². The lowest BCUT2D eigenvalue weighted by molar-refractivity contribution is -0.137. The third kappa shape index (κ3) is 5.25. The number of nitrogens with zero attached hydrogens (tertiary/aromatic N) is 1. The molecule has 124 valence electrons. The van der Waals surface area contributed by atoms with Crippen LogP contribution in [0.5, 0.6) is 0 Å². The highest BCUT2D eigenvalue weighted by Gasteiger charge is 2.45. The molecule has 0 bridgehead atoms. The van der Waals surface area contributed by atoms with Gasteiger partial charge in [0.1, 0.15) is 0 Å². The zero-order valence-corrected chi connectivity index (χ0v) is 13.7. The number of hydrogen-bond donors (Lipinski definition) is 2. The number of nitrogens with two attached hydrogens (primary N) is 1. The van der Waals surface area contributed by atoms with E-state index in [2.05, 4.69) is 10.3 Å². The molecule has 0 saturated heterocycles. The van der Waals surface area contributed by atoms with E-state index >= 15 is 0 Å². The summed E-state index contributed by atoms with van der Waals surface area (Å²) >= 11 is 0. The van der Waals surface area contributed by atoms with Crippen molar-refractivity contribution in [2.45, 2.75) is 37.5 Å². The standard InChI is InChI=1S/C13H14F5N3.HI/c14-12(15)5-10(6-12)21-11(19)20-7-8-2-1-3-9(4-8)13(16,17)18;/h1-4,10H,5-7H2,(H3,19,20,21);1H. The van der Waals surface area contributed by atoms with E-state index in [4.69, 9.17) is 5.73 Å². The summed E-state index contributed by atoms with van der Waals surface area (Å²) in [6.45, 7) is -0.0497. The van der Waals surface area contributed by atoms with Crippen LogP contribution in [-0.4, -0.2) is 17.9 Å². The van der Waals surface area contributed by atoms with Crippen LogP contribution >= 0.6 is 24.0 Å². The SMILES string of the molecule is I.NC(=NCc1cccc(C(F)(F)F)c1)NC1CC(F)(F)C1. The third-order valence-corrected chi connectivity index (χ3v) is 3.13. The number of hydrogen-bond acceptors (Lipinski definition) is 1. The van der Waals surface area contributed by atoms with Gasteiger partial charge in [-0.2, -0.15) is 13.2 Å². The maximum Gasteiger partial charge on any atom is 0.416 e. The van der Waals surface area contributed by atoms with Crippen molar-refractivity contribution < 1.29 is 22.0 Å². The van der Waals surface area contributed by atoms with Crippen molar-refractivity contribution in [2.75, 3.05) is 0 Å². The van der Waals surface area contributed by atoms with E-state index in [1.165, 1.54) is 12.1 Å². The lowest BCUT2D eigenvalue weighted by Crippen LogP contribution is -2.52. The number of nitrogens with one attached hydrogen (secondary N) is 1. The van der Waals surface area contributed by atoms with Crippen molar-refractivity contribution in [1.29, 1.82) is 0 Å². The molecule has 22 heavy (non-hydrogen) atoms. The molecule has 0 aliphatic heterocycles. The molecule has 1 saturated carbocycles. The van der Waals surface area contributed by atoms with Crippen LogP contribution in [0.3, 0.4) is 0 Å². The Bertz CT molecular complexity index is 537. The van der Waals surface area contributed by atoms with Gasteiger partial charge in [0, 0.05) is 18.9 Å². The van der Waals surface area contributed by atoms with Crippen LogP contribution in [0.4, 0.5) is 22.0 Å². The van der Waals surface area contributed by atoms with Gasteiger partial charge in [0.2, 0.25) is 0 Å². The summed E-state index contributed by atoms with van der Waals surface area (Å²) < 4.78 is 62.8. The molecular weight excluding hydrogens is 420 g/mol. The van der Waals surface area contributed by atoms with Gasteiger partial charge in [-0.1, -0.05) is 12.1 Å². The minimum absolute atomic E-state index is 0. The molecule has 1 aliphatic rings. The maximum absolute atomic E-state index is 12.6. The van der Waals surface area contributed by atoms with Crippen LogP contribution in [0.15, 0.2) is 29.3 Å². The van der Waals surface area contributed by atoms with Gasteiger partial charge in [0.15, 0.2) is 5.96 Å². The van der Waals surface area contributed by atoms with E-state index < -0.39 is 23.7 Å². The molecule has 9 heteroatoms. The van der Waals surface area contributed by atoms with Gasteiger partial charge in [0.25, 0.3) is 5.92 Å². The van der Waals surface area contributed by atoms with Crippen molar-refractivity contribution in [1.82, 2.24) is 5.32 Å². The number of halogens is 6. The summed E-state index contributed by atoms with van der Waals surface area (Å²) in [6.07, 6.45) is -5.04. The van der Waals surface area contributed by atoms with Crippen LogP contribution in [-0.2, 0) is 12.7 Å². The summed E-state index contributed by atoms with van der Waals surface area (Å²) in [4.78, 5) is 3.86. The topological polar surface area (TPSA) is 50.4 Å². The predicted octanol–water partition coefficient (Wildman–Crippen LogP) is 3.53. The lowest BCUT2D eigenvalue weighted by Gasteiger charge is -2.35. The lowest BCUT2D eigenvalue weighted by atomic mass is 9.88.